The monoisotopic (exact) mass is 641 g/mol. The summed E-state index contributed by atoms with van der Waals surface area (Å²) in [5, 5.41) is 17.2. The molecule has 1 aliphatic carbocycles. The van der Waals surface area contributed by atoms with Gasteiger partial charge in [0.15, 0.2) is 11.7 Å². The SMILES string of the molecule is CC(=O)Nc1nc(C[C@H](Cc2ccc(OCC(=O)O)cc2)NC(=O)c2ccc3c(c2)nc(-c2ccoc2)n3C2CCCCC2)cs1. The summed E-state index contributed by atoms with van der Waals surface area (Å²) in [5.41, 5.74) is 4.83. The molecule has 3 heterocycles. The molecule has 1 atom stereocenters. The van der Waals surface area contributed by atoms with Crippen LogP contribution in [0.5, 0.6) is 5.75 Å². The molecule has 5 aromatic rings. The number of furan rings is 1. The molecule has 6 rings (SSSR count). The van der Waals surface area contributed by atoms with Crippen LogP contribution in [0.25, 0.3) is 22.4 Å². The number of benzene rings is 2. The fourth-order valence-electron chi connectivity index (χ4n) is 6.00. The zero-order valence-corrected chi connectivity index (χ0v) is 26.2. The van der Waals surface area contributed by atoms with Gasteiger partial charge in [0, 0.05) is 36.4 Å². The van der Waals surface area contributed by atoms with Gasteiger partial charge in [-0.25, -0.2) is 14.8 Å². The number of thiazole rings is 1. The Labute approximate surface area is 269 Å². The van der Waals surface area contributed by atoms with Gasteiger partial charge in [-0.3, -0.25) is 9.59 Å². The van der Waals surface area contributed by atoms with Gasteiger partial charge in [-0.15, -0.1) is 11.3 Å². The van der Waals surface area contributed by atoms with Crippen LogP contribution < -0.4 is 15.4 Å². The standard InChI is InChI=1S/C34H35N5O6S/c1-21(40)35-34-37-26(20-46-34)17-25(15-22-7-10-28(11-8-22)45-19-31(41)42)36-33(43)23-9-12-30-29(16-23)38-32(24-13-14-44-18-24)39(30)27-5-3-2-4-6-27/h7-14,16,18,20,25,27H,2-6,15,17,19H2,1H3,(H,36,43)(H,41,42)(H,35,37,40)/t25-/m0/s1. The number of rotatable bonds is 12. The minimum absolute atomic E-state index is 0.201. The molecule has 0 spiro atoms. The number of carboxylic acids is 1. The first kappa shape index (κ1) is 31.0. The van der Waals surface area contributed by atoms with E-state index in [4.69, 9.17) is 19.2 Å². The highest BCUT2D eigenvalue weighted by molar-refractivity contribution is 7.13. The van der Waals surface area contributed by atoms with Gasteiger partial charge in [0.2, 0.25) is 5.91 Å². The highest BCUT2D eigenvalue weighted by atomic mass is 32.1. The Morgan fingerprint density at radius 3 is 2.59 bits per heavy atom. The quantitative estimate of drug-likeness (QED) is 0.145. The van der Waals surface area contributed by atoms with Crippen LogP contribution in [0.2, 0.25) is 0 Å². The van der Waals surface area contributed by atoms with E-state index in [1.54, 1.807) is 24.7 Å². The summed E-state index contributed by atoms with van der Waals surface area (Å²) >= 11 is 1.33. The molecule has 11 nitrogen and oxygen atoms in total. The predicted molar refractivity (Wildman–Crippen MR) is 174 cm³/mol. The molecule has 2 amide bonds. The maximum atomic E-state index is 13.7. The van der Waals surface area contributed by atoms with Crippen molar-refractivity contribution < 1.29 is 28.6 Å². The minimum Gasteiger partial charge on any atom is -0.482 e. The Morgan fingerprint density at radius 2 is 1.87 bits per heavy atom. The van der Waals surface area contributed by atoms with Crippen molar-refractivity contribution in [3.05, 3.63) is 83.3 Å². The van der Waals surface area contributed by atoms with E-state index in [2.05, 4.69) is 20.2 Å². The average Bonchev–Trinajstić information content (AvgIpc) is 3.81. The first-order valence-corrected chi connectivity index (χ1v) is 16.2. The lowest BCUT2D eigenvalue weighted by Crippen LogP contribution is -2.38. The molecule has 0 bridgehead atoms. The third-order valence-electron chi connectivity index (χ3n) is 8.06. The number of carbonyl (C=O) groups is 3. The van der Waals surface area contributed by atoms with Gasteiger partial charge in [0.05, 0.1) is 28.6 Å². The molecule has 12 heteroatoms. The van der Waals surface area contributed by atoms with Crippen LogP contribution in [0.15, 0.2) is 70.9 Å². The molecule has 1 aliphatic rings. The largest absolute Gasteiger partial charge is 0.482 e. The van der Waals surface area contributed by atoms with Crippen LogP contribution in [0.1, 0.15) is 66.7 Å². The molecule has 3 N–H and O–H groups in total. The number of hydrogen-bond acceptors (Lipinski definition) is 8. The number of imidazole rings is 1. The van der Waals surface area contributed by atoms with E-state index < -0.39 is 12.6 Å². The van der Waals surface area contributed by atoms with Crippen molar-refractivity contribution in [2.45, 2.75) is 64.0 Å². The second-order valence-electron chi connectivity index (χ2n) is 11.5. The average molecular weight is 642 g/mol. The highest BCUT2D eigenvalue weighted by Crippen LogP contribution is 2.36. The number of nitrogens with zero attached hydrogens (tertiary/aromatic N) is 3. The van der Waals surface area contributed by atoms with E-state index in [0.29, 0.717) is 35.3 Å². The van der Waals surface area contributed by atoms with Crippen molar-refractivity contribution in [1.29, 1.82) is 0 Å². The number of fused-ring (bicyclic) bond motifs is 1. The fraction of sp³-hybridized carbons (Fsp3) is 0.324. The number of amides is 2. The second kappa shape index (κ2) is 14.0. The number of nitrogens with one attached hydrogen (secondary N) is 2. The van der Waals surface area contributed by atoms with E-state index in [-0.39, 0.29) is 17.9 Å². The third-order valence-corrected chi connectivity index (χ3v) is 8.87. The molecule has 1 fully saturated rings. The molecule has 1 saturated carbocycles. The molecule has 0 unspecified atom stereocenters. The van der Waals surface area contributed by atoms with Gasteiger partial charge in [0.25, 0.3) is 5.91 Å². The topological polar surface area (TPSA) is 149 Å². The number of aromatic nitrogens is 3. The lowest BCUT2D eigenvalue weighted by Gasteiger charge is -2.25. The number of ether oxygens (including phenoxy) is 1. The summed E-state index contributed by atoms with van der Waals surface area (Å²) in [6.07, 6.45) is 10.1. The Balaban J connectivity index is 1.25. The van der Waals surface area contributed by atoms with Gasteiger partial charge >= 0.3 is 5.97 Å². The summed E-state index contributed by atoms with van der Waals surface area (Å²) in [5.74, 6) is -0.191. The van der Waals surface area contributed by atoms with Gasteiger partial charge in [0.1, 0.15) is 17.8 Å². The lowest BCUT2D eigenvalue weighted by molar-refractivity contribution is -0.139. The minimum atomic E-state index is -1.05. The lowest BCUT2D eigenvalue weighted by atomic mass is 9.95. The van der Waals surface area contributed by atoms with Crippen LogP contribution in [0.4, 0.5) is 5.13 Å². The van der Waals surface area contributed by atoms with E-state index in [1.807, 2.05) is 41.8 Å². The molecule has 0 saturated heterocycles. The summed E-state index contributed by atoms with van der Waals surface area (Å²) in [7, 11) is 0. The highest BCUT2D eigenvalue weighted by Gasteiger charge is 2.24. The molecule has 46 heavy (non-hydrogen) atoms. The Morgan fingerprint density at radius 1 is 1.07 bits per heavy atom. The van der Waals surface area contributed by atoms with Crippen molar-refractivity contribution in [1.82, 2.24) is 19.9 Å². The molecular formula is C34H35N5O6S. The van der Waals surface area contributed by atoms with Gasteiger partial charge in [-0.2, -0.15) is 0 Å². The van der Waals surface area contributed by atoms with Gasteiger partial charge in [-0.1, -0.05) is 31.4 Å². The fourth-order valence-corrected chi connectivity index (χ4v) is 6.77. The number of anilines is 1. The maximum Gasteiger partial charge on any atom is 0.341 e. The van der Waals surface area contributed by atoms with Gasteiger partial charge in [-0.05, 0) is 61.2 Å². The zero-order valence-electron chi connectivity index (χ0n) is 25.4. The van der Waals surface area contributed by atoms with E-state index in [0.717, 1.165) is 46.5 Å². The molecule has 3 aromatic heterocycles. The zero-order chi connectivity index (χ0) is 32.0. The van der Waals surface area contributed by atoms with Crippen LogP contribution >= 0.6 is 11.3 Å². The van der Waals surface area contributed by atoms with Crippen molar-refractivity contribution in [3.8, 4) is 17.1 Å². The molecule has 2 aromatic carbocycles. The number of carboxylic acid groups (broad SMARTS) is 1. The Kier molecular flexibility index (Phi) is 9.43. The Hall–Kier alpha value is -4.97. The van der Waals surface area contributed by atoms with E-state index >= 15 is 0 Å². The Bertz CT molecular complexity index is 1820. The van der Waals surface area contributed by atoms with Crippen molar-refractivity contribution in [3.63, 3.8) is 0 Å². The third kappa shape index (κ3) is 7.45. The summed E-state index contributed by atoms with van der Waals surface area (Å²) in [6, 6.07) is 14.7. The predicted octanol–water partition coefficient (Wildman–Crippen LogP) is 6.26. The molecular weight excluding hydrogens is 606 g/mol. The molecule has 238 valence electrons. The van der Waals surface area contributed by atoms with Crippen molar-refractivity contribution in [2.24, 2.45) is 0 Å². The summed E-state index contributed by atoms with van der Waals surface area (Å²) in [6.45, 7) is 1.01. The maximum absolute atomic E-state index is 13.7. The number of hydrogen-bond donors (Lipinski definition) is 3. The molecule has 0 radical (unpaired) electrons. The smallest absolute Gasteiger partial charge is 0.341 e. The van der Waals surface area contributed by atoms with Crippen LogP contribution in [-0.2, 0) is 22.4 Å². The second-order valence-corrected chi connectivity index (χ2v) is 12.4. The first-order valence-electron chi connectivity index (χ1n) is 15.3. The number of carbonyl (C=O) groups excluding carboxylic acids is 2. The summed E-state index contributed by atoms with van der Waals surface area (Å²) < 4.78 is 13.0. The van der Waals surface area contributed by atoms with Crippen molar-refractivity contribution >= 4 is 45.3 Å². The number of aliphatic carboxylic acids is 1. The van der Waals surface area contributed by atoms with Crippen LogP contribution in [0, 0.1) is 0 Å². The van der Waals surface area contributed by atoms with E-state index in [9.17, 15) is 14.4 Å². The van der Waals surface area contributed by atoms with Crippen LogP contribution in [0.3, 0.4) is 0 Å². The van der Waals surface area contributed by atoms with Gasteiger partial charge < -0.3 is 29.5 Å². The van der Waals surface area contributed by atoms with Crippen molar-refractivity contribution in [2.75, 3.05) is 11.9 Å². The van der Waals surface area contributed by atoms with Crippen LogP contribution in [-0.4, -0.2) is 50.1 Å². The molecule has 0 aliphatic heterocycles. The van der Waals surface area contributed by atoms with E-state index in [1.165, 1.54) is 37.5 Å². The first-order chi connectivity index (χ1) is 22.3. The normalized spacial score (nSPS) is 14.2. The summed E-state index contributed by atoms with van der Waals surface area (Å²) in [4.78, 5) is 45.6.